The third-order valence-electron chi connectivity index (χ3n) is 9.52. The van der Waals surface area contributed by atoms with Crippen molar-refractivity contribution >= 4 is 0 Å². The number of aromatic nitrogens is 9. The van der Waals surface area contributed by atoms with Gasteiger partial charge in [0.2, 0.25) is 0 Å². The number of benzene rings is 3. The van der Waals surface area contributed by atoms with E-state index in [1.165, 1.54) is 55.0 Å². The van der Waals surface area contributed by atoms with Crippen LogP contribution in [0.5, 0.6) is 0 Å². The van der Waals surface area contributed by atoms with Crippen LogP contribution in [0.1, 0.15) is 58.7 Å². The molecular weight excluding hydrogens is 796 g/mol. The Morgan fingerprint density at radius 1 is 0.429 bits per heavy atom. The van der Waals surface area contributed by atoms with E-state index < -0.39 is 19.1 Å². The Balaban J connectivity index is 0.000000153. The normalized spacial score (nSPS) is 12.9. The van der Waals surface area contributed by atoms with Crippen LogP contribution in [0.15, 0.2) is 146 Å². The Labute approximate surface area is 374 Å². The molecule has 0 unspecified atom stereocenters. The van der Waals surface area contributed by atoms with Crippen LogP contribution in [-0.2, 0) is 40.3 Å². The molecule has 0 radical (unpaired) electrons. The Morgan fingerprint density at radius 2 is 0.714 bits per heavy atom. The van der Waals surface area contributed by atoms with E-state index in [1.54, 1.807) is 127 Å². The molecule has 9 nitrogen and oxygen atoms in total. The average molecular weight is 850 g/mol. The molecule has 0 fully saturated rings. The number of hydrogen-bond acceptors (Lipinski definition) is 6. The Bertz CT molecular complexity index is 2920. The lowest BCUT2D eigenvalue weighted by Gasteiger charge is -2.08. The zero-order valence-corrected chi connectivity index (χ0v) is 35.5. The van der Waals surface area contributed by atoms with Gasteiger partial charge in [0.15, 0.2) is 0 Å². The van der Waals surface area contributed by atoms with Gasteiger partial charge >= 0.3 is 0 Å². The highest BCUT2D eigenvalue weighted by Gasteiger charge is 2.11. The van der Waals surface area contributed by atoms with Crippen LogP contribution in [0.25, 0.3) is 33.8 Å². The minimum absolute atomic E-state index is 0.273. The summed E-state index contributed by atoms with van der Waals surface area (Å²) >= 11 is 0. The molecule has 0 aliphatic carbocycles. The number of aryl methyl sites for hydroxylation is 6. The molecule has 318 valence electrons. The van der Waals surface area contributed by atoms with Crippen molar-refractivity contribution in [2.24, 2.45) is 21.1 Å². The molecule has 6 heterocycles. The average Bonchev–Trinajstić information content (AvgIpc) is 4.09. The van der Waals surface area contributed by atoms with Gasteiger partial charge in [0, 0.05) is 101 Å². The van der Waals surface area contributed by atoms with Gasteiger partial charge in [0.1, 0.15) is 17.5 Å². The predicted octanol–water partition coefficient (Wildman–Crippen LogP) is 10.6. The van der Waals surface area contributed by atoms with E-state index in [2.05, 4.69) is 30.2 Å². The highest BCUT2D eigenvalue weighted by molar-refractivity contribution is 5.65. The summed E-state index contributed by atoms with van der Waals surface area (Å²) in [5.74, 6) is -1.03. The largest absolute Gasteiger partial charge is 0.276 e. The molecule has 9 rings (SSSR count). The maximum absolute atomic E-state index is 13.5. The monoisotopic (exact) mass is 849 g/mol. The first-order valence-corrected chi connectivity index (χ1v) is 19.8. The summed E-state index contributed by atoms with van der Waals surface area (Å²) in [5.41, 5.74) is 8.33. The van der Waals surface area contributed by atoms with Crippen LogP contribution in [0.3, 0.4) is 0 Å². The number of halogens is 3. The molecular formula is C51H48F3N9. The van der Waals surface area contributed by atoms with Gasteiger partial charge in [-0.2, -0.15) is 15.3 Å². The molecule has 0 aliphatic rings. The zero-order valence-electron chi connectivity index (χ0n) is 41.5. The second-order valence-electron chi connectivity index (χ2n) is 14.7. The highest BCUT2D eigenvalue weighted by Crippen LogP contribution is 2.26. The topological polar surface area (TPSA) is 92.1 Å². The van der Waals surface area contributed by atoms with Gasteiger partial charge in [0.05, 0.1) is 35.7 Å². The standard InChI is InChI=1S/3C17H16FN3/c3*1-12-6-7-16(8-13-10-19-21(2)11-13)20-17(12)14-4-3-5-15(18)9-14/h3*3-7,9-11H,8H2,1-2H3/i3*8D2. The molecule has 0 aliphatic heterocycles. The van der Waals surface area contributed by atoms with Crippen molar-refractivity contribution in [1.82, 2.24) is 44.3 Å². The maximum atomic E-state index is 13.5. The molecule has 9 aromatic rings. The first-order valence-electron chi connectivity index (χ1n) is 22.8. The minimum atomic E-state index is -1.77. The van der Waals surface area contributed by atoms with Crippen LogP contribution in [0.4, 0.5) is 13.2 Å². The molecule has 0 saturated carbocycles. The summed E-state index contributed by atoms with van der Waals surface area (Å²) in [6.07, 6.45) is 4.03. The molecule has 0 bridgehead atoms. The quantitative estimate of drug-likeness (QED) is 0.144. The van der Waals surface area contributed by atoms with E-state index in [1.807, 2.05) is 20.8 Å². The van der Waals surface area contributed by atoms with Crippen LogP contribution >= 0.6 is 0 Å². The molecule has 12 heteroatoms. The molecule has 0 saturated heterocycles. The van der Waals surface area contributed by atoms with E-state index in [4.69, 9.17) is 8.22 Å². The zero-order chi connectivity index (χ0) is 49.8. The number of pyridine rings is 3. The fraction of sp³-hybridized carbons (Fsp3) is 0.176. The van der Waals surface area contributed by atoms with Gasteiger partial charge in [-0.05, 0) is 109 Å². The van der Waals surface area contributed by atoms with Crippen molar-refractivity contribution in [2.75, 3.05) is 0 Å². The molecule has 0 amide bonds. The van der Waals surface area contributed by atoms with E-state index in [0.717, 1.165) is 16.7 Å². The van der Waals surface area contributed by atoms with E-state index in [0.29, 0.717) is 50.5 Å². The van der Waals surface area contributed by atoms with Crippen LogP contribution in [-0.4, -0.2) is 44.3 Å². The van der Waals surface area contributed by atoms with E-state index in [-0.39, 0.29) is 34.5 Å². The predicted molar refractivity (Wildman–Crippen MR) is 241 cm³/mol. The maximum Gasteiger partial charge on any atom is 0.123 e. The molecule has 0 spiro atoms. The molecule has 63 heavy (non-hydrogen) atoms. The number of hydrogen-bond donors (Lipinski definition) is 0. The van der Waals surface area contributed by atoms with Gasteiger partial charge in [-0.1, -0.05) is 54.6 Å². The Morgan fingerprint density at radius 3 is 0.952 bits per heavy atom. The van der Waals surface area contributed by atoms with Crippen molar-refractivity contribution < 1.29 is 21.4 Å². The fourth-order valence-electron chi connectivity index (χ4n) is 6.48. The lowest BCUT2D eigenvalue weighted by Crippen LogP contribution is -1.96. The lowest BCUT2D eigenvalue weighted by molar-refractivity contribution is 0.628. The van der Waals surface area contributed by atoms with Gasteiger partial charge < -0.3 is 0 Å². The smallest absolute Gasteiger partial charge is 0.123 e. The summed E-state index contributed by atoms with van der Waals surface area (Å²) in [4.78, 5) is 13.4. The first kappa shape index (κ1) is 36.2. The second kappa shape index (κ2) is 19.9. The second-order valence-corrected chi connectivity index (χ2v) is 14.7. The van der Waals surface area contributed by atoms with Crippen LogP contribution in [0, 0.1) is 38.2 Å². The number of nitrogens with zero attached hydrogens (tertiary/aromatic N) is 9. The summed E-state index contributed by atoms with van der Waals surface area (Å²) in [5, 5.41) is 12.1. The molecule has 3 aromatic carbocycles. The molecule has 0 N–H and O–H groups in total. The summed E-state index contributed by atoms with van der Waals surface area (Å²) < 4.78 is 95.3. The third kappa shape index (κ3) is 11.9. The molecule has 6 aromatic heterocycles. The summed E-state index contributed by atoms with van der Waals surface area (Å²) in [6, 6.07) is 28.9. The van der Waals surface area contributed by atoms with E-state index in [9.17, 15) is 13.2 Å². The van der Waals surface area contributed by atoms with Crippen molar-refractivity contribution in [3.8, 4) is 33.8 Å². The molecule has 0 atom stereocenters. The Hall–Kier alpha value is -7.47. The fourth-order valence-corrected chi connectivity index (χ4v) is 6.48. The SMILES string of the molecule is [2H]C([2H])(c1cnn(C)c1)c1ccc(C)c(-c2cccc(F)c2)n1.[2H]C([2H])(c1cnn(C)c1)c1ccc(C)c(-c2cccc(F)c2)n1.[2H]C([2H])(c1cnn(C)c1)c1ccc(C)c(-c2cccc(F)c2)n1. The van der Waals surface area contributed by atoms with Crippen LogP contribution in [0.2, 0.25) is 0 Å². The lowest BCUT2D eigenvalue weighted by atomic mass is 10.0. The summed E-state index contributed by atoms with van der Waals surface area (Å²) in [7, 11) is 5.21. The van der Waals surface area contributed by atoms with Gasteiger partial charge in [-0.25, -0.2) is 13.2 Å². The van der Waals surface area contributed by atoms with E-state index >= 15 is 0 Å². The highest BCUT2D eigenvalue weighted by atomic mass is 19.1. The van der Waals surface area contributed by atoms with Gasteiger partial charge in [0.25, 0.3) is 0 Å². The Kier molecular flexibility index (Phi) is 11.5. The first-order chi connectivity index (χ1) is 32.6. The third-order valence-corrected chi connectivity index (χ3v) is 9.52. The van der Waals surface area contributed by atoms with Crippen LogP contribution < -0.4 is 0 Å². The minimum Gasteiger partial charge on any atom is -0.276 e. The van der Waals surface area contributed by atoms with Crippen molar-refractivity contribution in [1.29, 1.82) is 0 Å². The summed E-state index contributed by atoms with van der Waals surface area (Å²) in [6.45, 7) is 5.62. The van der Waals surface area contributed by atoms with Crippen molar-refractivity contribution in [3.05, 3.63) is 214 Å². The van der Waals surface area contributed by atoms with Crippen molar-refractivity contribution in [3.63, 3.8) is 0 Å². The van der Waals surface area contributed by atoms with Gasteiger partial charge in [-0.15, -0.1) is 0 Å². The van der Waals surface area contributed by atoms with Gasteiger partial charge in [-0.3, -0.25) is 29.0 Å². The van der Waals surface area contributed by atoms with Crippen molar-refractivity contribution in [2.45, 2.75) is 39.9 Å². The number of rotatable bonds is 9.